The minimum Gasteiger partial charge on any atom is -0.455 e. The van der Waals surface area contributed by atoms with E-state index in [1.165, 1.54) is 4.90 Å². The Balaban J connectivity index is 2.04. The lowest BCUT2D eigenvalue weighted by molar-refractivity contribution is 0.0962. The van der Waals surface area contributed by atoms with Gasteiger partial charge in [-0.3, -0.25) is 4.79 Å². The van der Waals surface area contributed by atoms with Crippen LogP contribution in [0.1, 0.15) is 47.7 Å². The van der Waals surface area contributed by atoms with E-state index in [9.17, 15) is 10.0 Å². The second-order valence-corrected chi connectivity index (χ2v) is 7.64. The molecule has 2 aromatic rings. The Morgan fingerprint density at radius 1 is 1.32 bits per heavy atom. The molecular formula is C19H21ClN2O3. The molecule has 0 unspecified atom stereocenters. The van der Waals surface area contributed by atoms with Crippen molar-refractivity contribution in [1.82, 2.24) is 0 Å². The molecule has 0 saturated heterocycles. The molecule has 0 bridgehead atoms. The Labute approximate surface area is 151 Å². The Morgan fingerprint density at radius 3 is 2.64 bits per heavy atom. The maximum absolute atomic E-state index is 13.0. The van der Waals surface area contributed by atoms with E-state index in [0.717, 1.165) is 5.56 Å². The zero-order valence-corrected chi connectivity index (χ0v) is 15.5. The largest absolute Gasteiger partial charge is 0.455 e. The van der Waals surface area contributed by atoms with E-state index in [1.807, 2.05) is 19.1 Å². The van der Waals surface area contributed by atoms with E-state index < -0.39 is 0 Å². The number of carbonyl (C=O) groups excluding carboxylic acids is 1. The first kappa shape index (κ1) is 17.5. The molecule has 1 aromatic carbocycles. The first-order valence-corrected chi connectivity index (χ1v) is 8.49. The van der Waals surface area contributed by atoms with Gasteiger partial charge in [-0.1, -0.05) is 42.7 Å². The van der Waals surface area contributed by atoms with Gasteiger partial charge in [0.15, 0.2) is 5.76 Å². The number of amides is 1. The summed E-state index contributed by atoms with van der Waals surface area (Å²) in [5.74, 6) is 0.666. The maximum Gasteiger partial charge on any atom is 0.294 e. The molecule has 0 saturated carbocycles. The van der Waals surface area contributed by atoms with Crippen LogP contribution in [0.25, 0.3) is 0 Å². The van der Waals surface area contributed by atoms with Gasteiger partial charge >= 0.3 is 0 Å². The summed E-state index contributed by atoms with van der Waals surface area (Å²) < 4.78 is 5.92. The zero-order chi connectivity index (χ0) is 18.4. The standard InChI is InChI=1S/C19H21ClN2O3/c1-11-16-13(21-24)9-19(2,3)10-15(16)25-17(11)18(23)22(4)14-8-6-5-7-12(14)20/h5-8,24H,9-10H2,1-4H3/b21-13-. The molecular weight excluding hydrogens is 340 g/mol. The van der Waals surface area contributed by atoms with Gasteiger partial charge in [0.2, 0.25) is 0 Å². The number of oxime groups is 1. The summed E-state index contributed by atoms with van der Waals surface area (Å²) in [5.41, 5.74) is 2.53. The second-order valence-electron chi connectivity index (χ2n) is 7.23. The molecule has 25 heavy (non-hydrogen) atoms. The van der Waals surface area contributed by atoms with E-state index >= 15 is 0 Å². The lowest BCUT2D eigenvalue weighted by Gasteiger charge is -2.28. The Hall–Kier alpha value is -2.27. The molecule has 0 aliphatic heterocycles. The van der Waals surface area contributed by atoms with E-state index in [1.54, 1.807) is 19.2 Å². The number of fused-ring (bicyclic) bond motifs is 1. The number of benzene rings is 1. The van der Waals surface area contributed by atoms with Crippen LogP contribution in [-0.2, 0) is 6.42 Å². The van der Waals surface area contributed by atoms with Gasteiger partial charge in [0.1, 0.15) is 5.76 Å². The first-order valence-electron chi connectivity index (χ1n) is 8.11. The smallest absolute Gasteiger partial charge is 0.294 e. The lowest BCUT2D eigenvalue weighted by atomic mass is 9.75. The van der Waals surface area contributed by atoms with Crippen molar-refractivity contribution >= 4 is 28.9 Å². The van der Waals surface area contributed by atoms with Gasteiger partial charge in [0.05, 0.1) is 16.4 Å². The lowest BCUT2D eigenvalue weighted by Crippen LogP contribution is -2.27. The van der Waals surface area contributed by atoms with Crippen molar-refractivity contribution < 1.29 is 14.4 Å². The van der Waals surface area contributed by atoms with Crippen molar-refractivity contribution in [2.24, 2.45) is 10.6 Å². The molecule has 1 aliphatic carbocycles. The molecule has 132 valence electrons. The molecule has 1 aliphatic rings. The minimum atomic E-state index is -0.282. The highest BCUT2D eigenvalue weighted by Crippen LogP contribution is 2.39. The first-order chi connectivity index (χ1) is 11.7. The number of hydrogen-bond donors (Lipinski definition) is 1. The summed E-state index contributed by atoms with van der Waals surface area (Å²) in [6.45, 7) is 5.98. The van der Waals surface area contributed by atoms with E-state index in [4.69, 9.17) is 16.0 Å². The number of furan rings is 1. The molecule has 1 heterocycles. The second kappa shape index (κ2) is 6.23. The van der Waals surface area contributed by atoms with Crippen LogP contribution in [-0.4, -0.2) is 23.9 Å². The highest BCUT2D eigenvalue weighted by molar-refractivity contribution is 6.34. The van der Waals surface area contributed by atoms with Crippen LogP contribution in [0.15, 0.2) is 33.8 Å². The highest BCUT2D eigenvalue weighted by atomic mass is 35.5. The quantitative estimate of drug-likeness (QED) is 0.625. The Bertz CT molecular complexity index is 868. The fourth-order valence-electron chi connectivity index (χ4n) is 3.39. The van der Waals surface area contributed by atoms with Crippen molar-refractivity contribution in [2.45, 2.75) is 33.6 Å². The van der Waals surface area contributed by atoms with Gasteiger partial charge in [-0.15, -0.1) is 0 Å². The number of nitrogens with zero attached hydrogens (tertiary/aromatic N) is 2. The van der Waals surface area contributed by atoms with Crippen LogP contribution in [0.3, 0.4) is 0 Å². The number of rotatable bonds is 2. The van der Waals surface area contributed by atoms with E-state index in [-0.39, 0.29) is 17.1 Å². The topological polar surface area (TPSA) is 66.0 Å². The number of carbonyl (C=O) groups is 1. The van der Waals surface area contributed by atoms with E-state index in [2.05, 4.69) is 19.0 Å². The van der Waals surface area contributed by atoms with Crippen molar-refractivity contribution in [1.29, 1.82) is 0 Å². The van der Waals surface area contributed by atoms with Crippen LogP contribution in [0.2, 0.25) is 5.02 Å². The molecule has 0 fully saturated rings. The Morgan fingerprint density at radius 2 is 2.00 bits per heavy atom. The number of hydrogen-bond acceptors (Lipinski definition) is 4. The zero-order valence-electron chi connectivity index (χ0n) is 14.8. The monoisotopic (exact) mass is 360 g/mol. The number of anilines is 1. The van der Waals surface area contributed by atoms with Crippen LogP contribution >= 0.6 is 11.6 Å². The third-order valence-corrected chi connectivity index (χ3v) is 4.95. The number of para-hydroxylation sites is 1. The molecule has 0 atom stereocenters. The minimum absolute atomic E-state index is 0.0895. The van der Waals surface area contributed by atoms with Crippen molar-refractivity contribution in [3.63, 3.8) is 0 Å². The summed E-state index contributed by atoms with van der Waals surface area (Å²) in [7, 11) is 1.66. The summed E-state index contributed by atoms with van der Waals surface area (Å²) in [4.78, 5) is 14.4. The molecule has 0 radical (unpaired) electrons. The van der Waals surface area contributed by atoms with Crippen LogP contribution in [0.4, 0.5) is 5.69 Å². The van der Waals surface area contributed by atoms with Crippen molar-refractivity contribution in [3.05, 3.63) is 51.9 Å². The van der Waals surface area contributed by atoms with Gasteiger partial charge in [-0.2, -0.15) is 0 Å². The van der Waals surface area contributed by atoms with Gasteiger partial charge in [-0.05, 0) is 30.9 Å². The van der Waals surface area contributed by atoms with Crippen LogP contribution in [0, 0.1) is 12.3 Å². The van der Waals surface area contributed by atoms with E-state index in [0.29, 0.717) is 40.6 Å². The molecule has 1 amide bonds. The fourth-order valence-corrected chi connectivity index (χ4v) is 3.65. The molecule has 5 nitrogen and oxygen atoms in total. The van der Waals surface area contributed by atoms with Crippen LogP contribution in [0.5, 0.6) is 0 Å². The predicted molar refractivity (Wildman–Crippen MR) is 98.1 cm³/mol. The van der Waals surface area contributed by atoms with Crippen LogP contribution < -0.4 is 4.90 Å². The van der Waals surface area contributed by atoms with Gasteiger partial charge in [-0.25, -0.2) is 0 Å². The summed E-state index contributed by atoms with van der Waals surface area (Å²) in [5, 5.41) is 13.3. The van der Waals surface area contributed by atoms with Gasteiger partial charge < -0.3 is 14.5 Å². The summed E-state index contributed by atoms with van der Waals surface area (Å²) in [6, 6.07) is 7.15. The maximum atomic E-state index is 13.0. The predicted octanol–water partition coefficient (Wildman–Crippen LogP) is 4.67. The van der Waals surface area contributed by atoms with Gasteiger partial charge in [0, 0.05) is 24.6 Å². The molecule has 6 heteroatoms. The van der Waals surface area contributed by atoms with Crippen molar-refractivity contribution in [3.8, 4) is 0 Å². The molecule has 1 N–H and O–H groups in total. The molecule has 1 aromatic heterocycles. The molecule has 0 spiro atoms. The number of halogens is 1. The van der Waals surface area contributed by atoms with Crippen molar-refractivity contribution in [2.75, 3.05) is 11.9 Å². The average Bonchev–Trinajstić information content (AvgIpc) is 2.88. The molecule has 3 rings (SSSR count). The summed E-state index contributed by atoms with van der Waals surface area (Å²) in [6.07, 6.45) is 1.32. The SMILES string of the molecule is Cc1c(C(=O)N(C)c2ccccc2Cl)oc2c1/C(=N\O)CC(C)(C)C2. The Kier molecular flexibility index (Phi) is 4.37. The average molecular weight is 361 g/mol. The van der Waals surface area contributed by atoms with Gasteiger partial charge in [0.25, 0.3) is 5.91 Å². The third kappa shape index (κ3) is 3.04. The third-order valence-electron chi connectivity index (χ3n) is 4.63. The highest BCUT2D eigenvalue weighted by Gasteiger charge is 2.37. The summed E-state index contributed by atoms with van der Waals surface area (Å²) >= 11 is 6.20. The normalized spacial score (nSPS) is 17.4. The fraction of sp³-hybridized carbons (Fsp3) is 0.368.